The molecular weight excluding hydrogens is 270 g/mol. The van der Waals surface area contributed by atoms with E-state index in [1.807, 2.05) is 6.07 Å². The number of fused-ring (bicyclic) bond motifs is 1. The molecule has 3 rings (SSSR count). The minimum atomic E-state index is -1.11. The van der Waals surface area contributed by atoms with E-state index in [1.54, 1.807) is 19.1 Å². The number of carboxylic acids is 1. The summed E-state index contributed by atoms with van der Waals surface area (Å²) in [7, 11) is 0. The van der Waals surface area contributed by atoms with Crippen molar-refractivity contribution < 1.29 is 19.4 Å². The summed E-state index contributed by atoms with van der Waals surface area (Å²) >= 11 is 0. The van der Waals surface area contributed by atoms with E-state index >= 15 is 0 Å². The van der Waals surface area contributed by atoms with E-state index < -0.39 is 11.5 Å². The lowest BCUT2D eigenvalue weighted by molar-refractivity contribution is -0.145. The van der Waals surface area contributed by atoms with Gasteiger partial charge in [0.2, 0.25) is 0 Å². The predicted molar refractivity (Wildman–Crippen MR) is 77.8 cm³/mol. The molecule has 114 valence electrons. The maximum absolute atomic E-state index is 11.8. The molecule has 1 aromatic carbocycles. The first-order valence-electron chi connectivity index (χ1n) is 7.51. The van der Waals surface area contributed by atoms with Gasteiger partial charge in [0.05, 0.1) is 0 Å². The topological polar surface area (TPSA) is 67.8 Å². The van der Waals surface area contributed by atoms with Gasteiger partial charge in [0.25, 0.3) is 0 Å². The van der Waals surface area contributed by atoms with Crippen LogP contribution in [0.15, 0.2) is 18.2 Å². The minimum absolute atomic E-state index is 0.263. The largest absolute Gasteiger partial charge is 0.486 e. The third-order valence-corrected chi connectivity index (χ3v) is 4.40. The van der Waals surface area contributed by atoms with Crippen molar-refractivity contribution in [2.45, 2.75) is 44.2 Å². The first-order chi connectivity index (χ1) is 10.1. The van der Waals surface area contributed by atoms with Gasteiger partial charge in [-0.25, -0.2) is 4.79 Å². The Morgan fingerprint density at radius 2 is 1.90 bits per heavy atom. The van der Waals surface area contributed by atoms with E-state index in [-0.39, 0.29) is 6.04 Å². The van der Waals surface area contributed by atoms with Crippen molar-refractivity contribution in [3.8, 4) is 11.5 Å². The number of hydrogen-bond acceptors (Lipinski definition) is 4. The van der Waals surface area contributed by atoms with Crippen LogP contribution in [-0.4, -0.2) is 30.3 Å². The molecule has 1 aliphatic carbocycles. The molecule has 1 aliphatic heterocycles. The second kappa shape index (κ2) is 5.56. The van der Waals surface area contributed by atoms with Gasteiger partial charge in [-0.3, -0.25) is 5.32 Å². The zero-order chi connectivity index (χ0) is 14.9. The molecule has 1 saturated carbocycles. The van der Waals surface area contributed by atoms with Crippen LogP contribution in [-0.2, 0) is 10.3 Å². The smallest absolute Gasteiger partial charge is 0.328 e. The van der Waals surface area contributed by atoms with Crippen molar-refractivity contribution in [1.82, 2.24) is 5.32 Å². The summed E-state index contributed by atoms with van der Waals surface area (Å²) in [6, 6.07) is 5.65. The third-order valence-electron chi connectivity index (χ3n) is 4.40. The van der Waals surface area contributed by atoms with E-state index in [9.17, 15) is 9.90 Å². The summed E-state index contributed by atoms with van der Waals surface area (Å²) in [5, 5.41) is 13.0. The van der Waals surface area contributed by atoms with Crippen molar-refractivity contribution in [3.05, 3.63) is 23.8 Å². The van der Waals surface area contributed by atoms with Crippen LogP contribution in [0.2, 0.25) is 0 Å². The molecule has 5 heteroatoms. The van der Waals surface area contributed by atoms with Gasteiger partial charge in [0.1, 0.15) is 18.8 Å². The molecule has 0 spiro atoms. The van der Waals surface area contributed by atoms with Crippen LogP contribution >= 0.6 is 0 Å². The zero-order valence-electron chi connectivity index (χ0n) is 12.2. The van der Waals surface area contributed by atoms with Crippen LogP contribution in [0.3, 0.4) is 0 Å². The number of benzene rings is 1. The number of hydrogen-bond donors (Lipinski definition) is 2. The Balaban J connectivity index is 1.90. The molecule has 1 heterocycles. The van der Waals surface area contributed by atoms with E-state index in [1.165, 1.54) is 0 Å². The van der Waals surface area contributed by atoms with Crippen LogP contribution in [0.25, 0.3) is 0 Å². The fourth-order valence-electron chi connectivity index (χ4n) is 3.10. The Labute approximate surface area is 124 Å². The quantitative estimate of drug-likeness (QED) is 0.891. The number of rotatable bonds is 4. The Hall–Kier alpha value is -1.75. The van der Waals surface area contributed by atoms with E-state index in [0.717, 1.165) is 25.7 Å². The molecule has 1 fully saturated rings. The number of carbonyl (C=O) groups is 1. The number of nitrogens with one attached hydrogen (secondary N) is 1. The van der Waals surface area contributed by atoms with Gasteiger partial charge in [-0.1, -0.05) is 18.9 Å². The molecule has 2 aliphatic rings. The minimum Gasteiger partial charge on any atom is -0.486 e. The summed E-state index contributed by atoms with van der Waals surface area (Å²) in [5.74, 6) is 0.434. The fraction of sp³-hybridized carbons (Fsp3) is 0.562. The van der Waals surface area contributed by atoms with Crippen molar-refractivity contribution in [1.29, 1.82) is 0 Å². The average Bonchev–Trinajstić information content (AvgIpc) is 2.99. The first-order valence-corrected chi connectivity index (χ1v) is 7.51. The molecule has 1 atom stereocenters. The molecule has 0 amide bonds. The predicted octanol–water partition coefficient (Wildman–Crippen LogP) is 2.29. The molecule has 2 N–H and O–H groups in total. The van der Waals surface area contributed by atoms with Crippen LogP contribution in [0, 0.1) is 0 Å². The highest BCUT2D eigenvalue weighted by atomic mass is 16.6. The lowest BCUT2D eigenvalue weighted by Gasteiger charge is -2.31. The highest BCUT2D eigenvalue weighted by Crippen LogP contribution is 2.35. The maximum atomic E-state index is 11.8. The van der Waals surface area contributed by atoms with Gasteiger partial charge in [-0.2, -0.15) is 0 Å². The second-order valence-electron chi connectivity index (χ2n) is 5.91. The number of aliphatic carboxylic acids is 1. The Morgan fingerprint density at radius 3 is 2.57 bits per heavy atom. The average molecular weight is 291 g/mol. The van der Waals surface area contributed by atoms with Gasteiger partial charge in [0.15, 0.2) is 11.5 Å². The summed E-state index contributed by atoms with van der Waals surface area (Å²) in [5.41, 5.74) is -0.406. The summed E-state index contributed by atoms with van der Waals surface area (Å²) in [6.45, 7) is 2.75. The van der Waals surface area contributed by atoms with E-state index in [2.05, 4.69) is 5.32 Å². The third kappa shape index (κ3) is 2.70. The van der Waals surface area contributed by atoms with Gasteiger partial charge < -0.3 is 14.6 Å². The molecule has 0 saturated heterocycles. The van der Waals surface area contributed by atoms with Gasteiger partial charge in [-0.05, 0) is 37.5 Å². The molecule has 1 aromatic rings. The maximum Gasteiger partial charge on any atom is 0.328 e. The van der Waals surface area contributed by atoms with Crippen molar-refractivity contribution in [2.75, 3.05) is 13.2 Å². The second-order valence-corrected chi connectivity index (χ2v) is 5.91. The van der Waals surface area contributed by atoms with Gasteiger partial charge >= 0.3 is 5.97 Å². The molecule has 0 bridgehead atoms. The Morgan fingerprint density at radius 1 is 1.24 bits per heavy atom. The summed E-state index contributed by atoms with van der Waals surface area (Å²) in [4.78, 5) is 11.8. The highest BCUT2D eigenvalue weighted by molar-refractivity contribution is 5.80. The fourth-order valence-corrected chi connectivity index (χ4v) is 3.10. The van der Waals surface area contributed by atoms with Gasteiger partial charge in [0, 0.05) is 6.04 Å². The van der Waals surface area contributed by atoms with E-state index in [0.29, 0.717) is 30.3 Å². The van der Waals surface area contributed by atoms with Crippen LogP contribution < -0.4 is 14.8 Å². The van der Waals surface area contributed by atoms with Crippen molar-refractivity contribution in [3.63, 3.8) is 0 Å². The molecular formula is C16H21NO4. The normalized spacial score (nSPS) is 21.0. The SMILES string of the molecule is CC(NC1CCCC1)(C(=O)O)c1ccc2c(c1)OCCO2. The molecule has 21 heavy (non-hydrogen) atoms. The number of ether oxygens (including phenoxy) is 2. The standard InChI is InChI=1S/C16H21NO4/c1-16(15(18)19,17-12-4-2-3-5-12)11-6-7-13-14(10-11)21-9-8-20-13/h6-7,10,12,17H,2-5,8-9H2,1H3,(H,18,19). The van der Waals surface area contributed by atoms with Gasteiger partial charge in [-0.15, -0.1) is 0 Å². The lowest BCUT2D eigenvalue weighted by atomic mass is 9.90. The monoisotopic (exact) mass is 291 g/mol. The molecule has 5 nitrogen and oxygen atoms in total. The molecule has 0 aromatic heterocycles. The van der Waals surface area contributed by atoms with Crippen molar-refractivity contribution in [2.24, 2.45) is 0 Å². The Bertz CT molecular complexity index is 539. The highest BCUT2D eigenvalue weighted by Gasteiger charge is 2.38. The van der Waals surface area contributed by atoms with Crippen LogP contribution in [0.4, 0.5) is 0 Å². The summed E-state index contributed by atoms with van der Waals surface area (Å²) < 4.78 is 11.1. The first kappa shape index (κ1) is 14.2. The summed E-state index contributed by atoms with van der Waals surface area (Å²) in [6.07, 6.45) is 4.39. The lowest BCUT2D eigenvalue weighted by Crippen LogP contribution is -2.50. The Kier molecular flexibility index (Phi) is 3.76. The molecule has 1 unspecified atom stereocenters. The van der Waals surface area contributed by atoms with Crippen molar-refractivity contribution >= 4 is 5.97 Å². The van der Waals surface area contributed by atoms with E-state index in [4.69, 9.17) is 9.47 Å². The van der Waals surface area contributed by atoms with Crippen LogP contribution in [0.5, 0.6) is 11.5 Å². The molecule has 0 radical (unpaired) electrons. The zero-order valence-corrected chi connectivity index (χ0v) is 12.2. The van der Waals surface area contributed by atoms with Crippen LogP contribution in [0.1, 0.15) is 38.2 Å². The number of carboxylic acid groups (broad SMARTS) is 1.